The van der Waals surface area contributed by atoms with Crippen LogP contribution in [0.3, 0.4) is 0 Å². The van der Waals surface area contributed by atoms with E-state index in [4.69, 9.17) is 14.6 Å². The maximum atomic E-state index is 10.4. The van der Waals surface area contributed by atoms with Gasteiger partial charge < -0.3 is 14.6 Å². The van der Waals surface area contributed by atoms with Crippen LogP contribution >= 0.6 is 0 Å². The van der Waals surface area contributed by atoms with Gasteiger partial charge in [-0.2, -0.15) is 0 Å². The molecule has 1 N–H and O–H groups in total. The summed E-state index contributed by atoms with van der Waals surface area (Å²) in [6.07, 6.45) is 16.2. The van der Waals surface area contributed by atoms with Crippen molar-refractivity contribution in [2.24, 2.45) is 0 Å². The Balaban J connectivity index is 1.38. The summed E-state index contributed by atoms with van der Waals surface area (Å²) in [6.45, 7) is 2.15. The van der Waals surface area contributed by atoms with Crippen molar-refractivity contribution < 1.29 is 19.4 Å². The van der Waals surface area contributed by atoms with Gasteiger partial charge in [-0.3, -0.25) is 4.79 Å². The van der Waals surface area contributed by atoms with E-state index >= 15 is 0 Å². The average molecular weight is 310 g/mol. The summed E-state index contributed by atoms with van der Waals surface area (Å²) in [5.41, 5.74) is 0. The fraction of sp³-hybridized carbons (Fsp3) is 0.833. The van der Waals surface area contributed by atoms with E-state index in [1.807, 2.05) is 0 Å². The lowest BCUT2D eigenvalue weighted by molar-refractivity contribution is -0.137. The van der Waals surface area contributed by atoms with E-state index < -0.39 is 5.97 Å². The molecule has 4 atom stereocenters. The molecule has 2 rings (SSSR count). The van der Waals surface area contributed by atoms with Crippen LogP contribution < -0.4 is 0 Å². The molecule has 0 radical (unpaired) electrons. The molecule has 2 aliphatic heterocycles. The van der Waals surface area contributed by atoms with Crippen LogP contribution in [0.5, 0.6) is 0 Å². The van der Waals surface area contributed by atoms with Crippen LogP contribution in [0.4, 0.5) is 0 Å². The van der Waals surface area contributed by atoms with Gasteiger partial charge in [0.1, 0.15) is 0 Å². The quantitative estimate of drug-likeness (QED) is 0.316. The smallest absolute Gasteiger partial charge is 0.303 e. The van der Waals surface area contributed by atoms with Crippen molar-refractivity contribution in [1.82, 2.24) is 0 Å². The van der Waals surface area contributed by atoms with Crippen LogP contribution in [0, 0.1) is 0 Å². The van der Waals surface area contributed by atoms with Gasteiger partial charge in [-0.15, -0.1) is 0 Å². The minimum absolute atomic E-state index is 0.309. The summed E-state index contributed by atoms with van der Waals surface area (Å²) in [7, 11) is 0. The molecule has 0 aromatic heterocycles. The zero-order chi connectivity index (χ0) is 15.8. The molecule has 2 aliphatic rings. The summed E-state index contributed by atoms with van der Waals surface area (Å²) in [4.78, 5) is 10.4. The first kappa shape index (κ1) is 17.5. The van der Waals surface area contributed by atoms with Crippen molar-refractivity contribution >= 4 is 5.97 Å². The molecule has 2 fully saturated rings. The number of aliphatic carboxylic acids is 1. The Hall–Kier alpha value is -0.870. The molecule has 4 heteroatoms. The molecular weight excluding hydrogens is 280 g/mol. The molecular formula is C18H30O4. The molecule has 2 heterocycles. The van der Waals surface area contributed by atoms with E-state index in [1.54, 1.807) is 0 Å². The van der Waals surface area contributed by atoms with Crippen LogP contribution in [-0.2, 0) is 14.3 Å². The highest BCUT2D eigenvalue weighted by molar-refractivity contribution is 5.66. The minimum atomic E-state index is -0.681. The third kappa shape index (κ3) is 6.93. The molecule has 0 aromatic rings. The second-order valence-corrected chi connectivity index (χ2v) is 6.48. The molecule has 0 spiro atoms. The predicted molar refractivity (Wildman–Crippen MR) is 85.9 cm³/mol. The summed E-state index contributed by atoms with van der Waals surface area (Å²) in [5, 5.41) is 8.55. The second kappa shape index (κ2) is 9.31. The number of carbonyl (C=O) groups is 1. The third-order valence-corrected chi connectivity index (χ3v) is 4.49. The molecule has 2 saturated heterocycles. The van der Waals surface area contributed by atoms with Gasteiger partial charge in [-0.25, -0.2) is 0 Å². The van der Waals surface area contributed by atoms with Gasteiger partial charge in [0.25, 0.3) is 0 Å². The normalized spacial score (nSPS) is 29.9. The van der Waals surface area contributed by atoms with Crippen LogP contribution in [0.15, 0.2) is 12.2 Å². The van der Waals surface area contributed by atoms with Gasteiger partial charge in [0.2, 0.25) is 0 Å². The van der Waals surface area contributed by atoms with Crippen molar-refractivity contribution in [1.29, 1.82) is 0 Å². The summed E-state index contributed by atoms with van der Waals surface area (Å²) in [5.74, 6) is -0.681. The molecule has 0 saturated carbocycles. The Morgan fingerprint density at radius 2 is 1.64 bits per heavy atom. The summed E-state index contributed by atoms with van der Waals surface area (Å²) >= 11 is 0. The van der Waals surface area contributed by atoms with E-state index in [0.29, 0.717) is 30.8 Å². The number of carboxylic acid groups (broad SMARTS) is 1. The lowest BCUT2D eigenvalue weighted by Gasteiger charge is -1.99. The molecule has 126 valence electrons. The Morgan fingerprint density at radius 3 is 2.41 bits per heavy atom. The van der Waals surface area contributed by atoms with Crippen LogP contribution in [-0.4, -0.2) is 35.5 Å². The van der Waals surface area contributed by atoms with Crippen molar-refractivity contribution in [3.8, 4) is 0 Å². The zero-order valence-corrected chi connectivity index (χ0v) is 13.7. The maximum Gasteiger partial charge on any atom is 0.303 e. The average Bonchev–Trinajstić information content (AvgIpc) is 3.38. The zero-order valence-electron chi connectivity index (χ0n) is 13.7. The highest BCUT2D eigenvalue weighted by Gasteiger charge is 2.47. The number of carboxylic acids is 1. The Bertz CT molecular complexity index is 366. The molecule has 0 amide bonds. The molecule has 22 heavy (non-hydrogen) atoms. The number of allylic oxidation sites excluding steroid dienone is 1. The van der Waals surface area contributed by atoms with Crippen LogP contribution in [0.25, 0.3) is 0 Å². The summed E-state index contributed by atoms with van der Waals surface area (Å²) < 4.78 is 11.4. The Labute approximate surface area is 133 Å². The topological polar surface area (TPSA) is 62.4 Å². The number of unbranched alkanes of at least 4 members (excludes halogenated alkanes) is 4. The van der Waals surface area contributed by atoms with Gasteiger partial charge in [0.15, 0.2) is 0 Å². The van der Waals surface area contributed by atoms with Crippen molar-refractivity contribution in [3.05, 3.63) is 12.2 Å². The maximum absolute atomic E-state index is 10.4. The highest BCUT2D eigenvalue weighted by atomic mass is 16.6. The van der Waals surface area contributed by atoms with Crippen LogP contribution in [0.1, 0.15) is 71.1 Å². The molecule has 4 unspecified atom stereocenters. The molecule has 0 aromatic carbocycles. The predicted octanol–water partition coefficient (Wildman–Crippen LogP) is 4.08. The highest BCUT2D eigenvalue weighted by Crippen LogP contribution is 2.38. The van der Waals surface area contributed by atoms with E-state index in [1.165, 1.54) is 12.8 Å². The molecule has 0 aliphatic carbocycles. The number of rotatable bonds is 13. The fourth-order valence-electron chi connectivity index (χ4n) is 3.01. The van der Waals surface area contributed by atoms with Crippen molar-refractivity contribution in [3.63, 3.8) is 0 Å². The Kier molecular flexibility index (Phi) is 7.40. The first-order valence-electron chi connectivity index (χ1n) is 8.88. The van der Waals surface area contributed by atoms with Crippen LogP contribution in [0.2, 0.25) is 0 Å². The van der Waals surface area contributed by atoms with E-state index in [9.17, 15) is 4.79 Å². The minimum Gasteiger partial charge on any atom is -0.481 e. The van der Waals surface area contributed by atoms with Gasteiger partial charge in [-0.1, -0.05) is 44.8 Å². The second-order valence-electron chi connectivity index (χ2n) is 6.48. The monoisotopic (exact) mass is 310 g/mol. The lowest BCUT2D eigenvalue weighted by Crippen LogP contribution is -2.01. The first-order valence-corrected chi connectivity index (χ1v) is 8.88. The van der Waals surface area contributed by atoms with Gasteiger partial charge >= 0.3 is 5.97 Å². The van der Waals surface area contributed by atoms with E-state index in [2.05, 4.69) is 19.1 Å². The number of ether oxygens (including phenoxy) is 2. The largest absolute Gasteiger partial charge is 0.481 e. The lowest BCUT2D eigenvalue weighted by atomic mass is 10.0. The standard InChI is InChI=1S/C18H30O4/c1-2-3-7-10-14-16(21-14)13-17-15(22-17)11-8-5-4-6-9-12-18(19)20/h3,7,14-17H,2,4-6,8-13H2,1H3,(H,19,20). The first-order chi connectivity index (χ1) is 10.7. The summed E-state index contributed by atoms with van der Waals surface area (Å²) in [6, 6.07) is 0. The fourth-order valence-corrected chi connectivity index (χ4v) is 3.01. The molecule has 4 nitrogen and oxygen atoms in total. The SMILES string of the molecule is CCC=CCC1OC1CC1OC1CCCCCCCC(=O)O. The third-order valence-electron chi connectivity index (χ3n) is 4.49. The van der Waals surface area contributed by atoms with E-state index in [0.717, 1.165) is 44.9 Å². The molecule has 0 bridgehead atoms. The number of epoxide rings is 2. The van der Waals surface area contributed by atoms with Gasteiger partial charge in [0.05, 0.1) is 24.4 Å². The van der Waals surface area contributed by atoms with Gasteiger partial charge in [0, 0.05) is 12.8 Å². The van der Waals surface area contributed by atoms with Crippen molar-refractivity contribution in [2.45, 2.75) is 95.5 Å². The number of hydrogen-bond donors (Lipinski definition) is 1. The van der Waals surface area contributed by atoms with E-state index in [-0.39, 0.29) is 0 Å². The number of hydrogen-bond acceptors (Lipinski definition) is 3. The van der Waals surface area contributed by atoms with Gasteiger partial charge in [-0.05, 0) is 25.7 Å². The Morgan fingerprint density at radius 1 is 0.955 bits per heavy atom. The van der Waals surface area contributed by atoms with Crippen molar-refractivity contribution in [2.75, 3.05) is 0 Å².